The van der Waals surface area contributed by atoms with Crippen molar-refractivity contribution in [1.29, 1.82) is 0 Å². The standard InChI is InChI=1S/C28H25N2O2S/c1-28(2,3)22-17-25(20-11-6-4-7-12-20)27(26(18-22)21-13-8-5-9-14-21)29-33-24-16-10-15-23(19-24)30(31)32/h4-19H,1-3H3. The first-order valence-electron chi connectivity index (χ1n) is 10.7. The quantitative estimate of drug-likeness (QED) is 0.168. The van der Waals surface area contributed by atoms with Crippen LogP contribution in [0.3, 0.4) is 0 Å². The predicted octanol–water partition coefficient (Wildman–Crippen LogP) is 8.17. The molecular weight excluding hydrogens is 428 g/mol. The molecule has 4 nitrogen and oxygen atoms in total. The molecule has 0 aliphatic carbocycles. The number of benzene rings is 4. The van der Waals surface area contributed by atoms with Crippen molar-refractivity contribution in [3.63, 3.8) is 0 Å². The summed E-state index contributed by atoms with van der Waals surface area (Å²) in [5.74, 6) is 0. The second kappa shape index (κ2) is 9.51. The minimum atomic E-state index is -0.382. The van der Waals surface area contributed by atoms with Crippen molar-refractivity contribution in [1.82, 2.24) is 4.72 Å². The first-order chi connectivity index (χ1) is 15.8. The van der Waals surface area contributed by atoms with Gasteiger partial charge in [0.2, 0.25) is 0 Å². The fraction of sp³-hybridized carbons (Fsp3) is 0.143. The summed E-state index contributed by atoms with van der Waals surface area (Å²) in [6, 6.07) is 31.5. The maximum absolute atomic E-state index is 11.2. The molecular formula is C28H25N2O2S. The molecule has 0 spiro atoms. The number of nitro groups is 1. The molecule has 0 saturated heterocycles. The van der Waals surface area contributed by atoms with Crippen LogP contribution < -0.4 is 4.72 Å². The van der Waals surface area contributed by atoms with Crippen LogP contribution in [-0.2, 0) is 5.41 Å². The first-order valence-corrected chi connectivity index (χ1v) is 11.5. The lowest BCUT2D eigenvalue weighted by Gasteiger charge is -2.24. The van der Waals surface area contributed by atoms with Crippen LogP contribution in [0.4, 0.5) is 11.4 Å². The van der Waals surface area contributed by atoms with Crippen LogP contribution >= 0.6 is 11.9 Å². The summed E-state index contributed by atoms with van der Waals surface area (Å²) in [7, 11) is 0. The molecule has 0 N–H and O–H groups in total. The molecule has 5 heteroatoms. The smallest absolute Gasteiger partial charge is 0.258 e. The molecule has 165 valence electrons. The molecule has 4 rings (SSSR count). The van der Waals surface area contributed by atoms with Crippen molar-refractivity contribution in [2.45, 2.75) is 31.1 Å². The van der Waals surface area contributed by atoms with E-state index in [4.69, 9.17) is 4.72 Å². The number of non-ortho nitro benzene ring substituents is 1. The van der Waals surface area contributed by atoms with Crippen LogP contribution in [0.2, 0.25) is 0 Å². The van der Waals surface area contributed by atoms with Gasteiger partial charge in [0.15, 0.2) is 0 Å². The van der Waals surface area contributed by atoms with Gasteiger partial charge in [-0.25, -0.2) is 4.72 Å². The minimum Gasteiger partial charge on any atom is -0.258 e. The van der Waals surface area contributed by atoms with E-state index in [1.54, 1.807) is 12.1 Å². The number of hydrogen-bond acceptors (Lipinski definition) is 3. The van der Waals surface area contributed by atoms with E-state index in [-0.39, 0.29) is 16.0 Å². The van der Waals surface area contributed by atoms with Gasteiger partial charge in [-0.15, -0.1) is 0 Å². The van der Waals surface area contributed by atoms with Gasteiger partial charge in [0.25, 0.3) is 5.69 Å². The molecule has 4 aromatic rings. The van der Waals surface area contributed by atoms with Crippen molar-refractivity contribution in [2.24, 2.45) is 0 Å². The Labute approximate surface area is 199 Å². The van der Waals surface area contributed by atoms with E-state index in [0.717, 1.165) is 32.8 Å². The average molecular weight is 454 g/mol. The molecule has 0 heterocycles. The topological polar surface area (TPSA) is 57.2 Å². The van der Waals surface area contributed by atoms with E-state index in [9.17, 15) is 10.1 Å². The Morgan fingerprint density at radius 2 is 1.30 bits per heavy atom. The first kappa shape index (κ1) is 22.6. The van der Waals surface area contributed by atoms with Gasteiger partial charge in [-0.2, -0.15) is 0 Å². The van der Waals surface area contributed by atoms with Crippen molar-refractivity contribution in [3.05, 3.63) is 113 Å². The molecule has 0 aliphatic rings. The van der Waals surface area contributed by atoms with Gasteiger partial charge in [-0.1, -0.05) is 87.5 Å². The zero-order chi connectivity index (χ0) is 23.4. The summed E-state index contributed by atoms with van der Waals surface area (Å²) in [6.07, 6.45) is 0. The Morgan fingerprint density at radius 1 is 0.758 bits per heavy atom. The predicted molar refractivity (Wildman–Crippen MR) is 137 cm³/mol. The van der Waals surface area contributed by atoms with Crippen molar-refractivity contribution in [2.75, 3.05) is 0 Å². The second-order valence-electron chi connectivity index (χ2n) is 8.84. The molecule has 0 aliphatic heterocycles. The summed E-state index contributed by atoms with van der Waals surface area (Å²) in [4.78, 5) is 11.5. The van der Waals surface area contributed by atoms with E-state index in [1.807, 2.05) is 42.5 Å². The van der Waals surface area contributed by atoms with E-state index in [0.29, 0.717) is 0 Å². The molecule has 0 bridgehead atoms. The summed E-state index contributed by atoms with van der Waals surface area (Å²) in [6.45, 7) is 6.63. The third kappa shape index (κ3) is 5.26. The SMILES string of the molecule is CC(C)(C)c1cc(-c2ccccc2)c([N]Sc2cccc([N+](=O)[O-])c2)c(-c2ccccc2)c1. The summed E-state index contributed by atoms with van der Waals surface area (Å²) < 4.78 is 4.95. The highest BCUT2D eigenvalue weighted by Gasteiger charge is 2.22. The van der Waals surface area contributed by atoms with E-state index < -0.39 is 0 Å². The van der Waals surface area contributed by atoms with Crippen LogP contribution in [0.5, 0.6) is 0 Å². The summed E-state index contributed by atoms with van der Waals surface area (Å²) in [5.41, 5.74) is 6.35. The summed E-state index contributed by atoms with van der Waals surface area (Å²) >= 11 is 1.26. The Kier molecular flexibility index (Phi) is 6.52. The average Bonchev–Trinajstić information content (AvgIpc) is 2.83. The minimum absolute atomic E-state index is 0.0429. The van der Waals surface area contributed by atoms with Crippen molar-refractivity contribution < 1.29 is 4.92 Å². The molecule has 0 aromatic heterocycles. The Hall–Kier alpha value is -3.57. The molecule has 0 fully saturated rings. The molecule has 0 amide bonds. The zero-order valence-electron chi connectivity index (χ0n) is 18.9. The fourth-order valence-electron chi connectivity index (χ4n) is 3.59. The molecule has 0 saturated carbocycles. The highest BCUT2D eigenvalue weighted by Crippen LogP contribution is 2.43. The second-order valence-corrected chi connectivity index (χ2v) is 9.68. The maximum Gasteiger partial charge on any atom is 0.270 e. The van der Waals surface area contributed by atoms with E-state index >= 15 is 0 Å². The Morgan fingerprint density at radius 3 is 1.79 bits per heavy atom. The Balaban J connectivity index is 1.87. The number of nitrogens with zero attached hydrogens (tertiary/aromatic N) is 2. The monoisotopic (exact) mass is 453 g/mol. The van der Waals surface area contributed by atoms with Crippen LogP contribution in [0.1, 0.15) is 26.3 Å². The van der Waals surface area contributed by atoms with Gasteiger partial charge in [0.05, 0.1) is 10.6 Å². The lowest BCUT2D eigenvalue weighted by Crippen LogP contribution is -2.12. The fourth-order valence-corrected chi connectivity index (χ4v) is 4.30. The highest BCUT2D eigenvalue weighted by atomic mass is 32.2. The van der Waals surface area contributed by atoms with Gasteiger partial charge < -0.3 is 0 Å². The van der Waals surface area contributed by atoms with Gasteiger partial charge in [-0.05, 0) is 40.3 Å². The van der Waals surface area contributed by atoms with Crippen LogP contribution in [-0.4, -0.2) is 4.92 Å². The summed E-state index contributed by atoms with van der Waals surface area (Å²) in [5, 5.41) is 11.2. The molecule has 0 unspecified atom stereocenters. The van der Waals surface area contributed by atoms with E-state index in [2.05, 4.69) is 57.2 Å². The number of nitro benzene ring substituents is 1. The lowest BCUT2D eigenvalue weighted by molar-refractivity contribution is -0.385. The number of rotatable bonds is 6. The number of hydrogen-bond donors (Lipinski definition) is 0. The van der Waals surface area contributed by atoms with Gasteiger partial charge >= 0.3 is 0 Å². The van der Waals surface area contributed by atoms with E-state index in [1.165, 1.54) is 23.6 Å². The lowest BCUT2D eigenvalue weighted by atomic mass is 9.82. The van der Waals surface area contributed by atoms with Crippen LogP contribution in [0, 0.1) is 10.1 Å². The van der Waals surface area contributed by atoms with Gasteiger partial charge in [-0.3, -0.25) is 10.1 Å². The van der Waals surface area contributed by atoms with Gasteiger partial charge in [0, 0.05) is 40.1 Å². The zero-order valence-corrected chi connectivity index (χ0v) is 19.7. The molecule has 1 radical (unpaired) electrons. The molecule has 33 heavy (non-hydrogen) atoms. The molecule has 4 aromatic carbocycles. The third-order valence-corrected chi connectivity index (χ3v) is 6.15. The Bertz CT molecular complexity index is 1210. The largest absolute Gasteiger partial charge is 0.270 e. The van der Waals surface area contributed by atoms with Crippen molar-refractivity contribution >= 4 is 23.3 Å². The third-order valence-electron chi connectivity index (χ3n) is 5.42. The van der Waals surface area contributed by atoms with Crippen LogP contribution in [0.15, 0.2) is 102 Å². The molecule has 0 atom stereocenters. The normalized spacial score (nSPS) is 11.2. The maximum atomic E-state index is 11.2. The van der Waals surface area contributed by atoms with Crippen molar-refractivity contribution in [3.8, 4) is 22.3 Å². The highest BCUT2D eigenvalue weighted by molar-refractivity contribution is 7.97. The van der Waals surface area contributed by atoms with Gasteiger partial charge in [0.1, 0.15) is 0 Å². The van der Waals surface area contributed by atoms with Crippen LogP contribution in [0.25, 0.3) is 22.3 Å².